The van der Waals surface area contributed by atoms with Crippen LogP contribution < -0.4 is 0 Å². The number of ether oxygens (including phenoxy) is 3. The highest BCUT2D eigenvalue weighted by molar-refractivity contribution is 7.47. The molecular formula is C67H118O16P2. The molecule has 0 aromatic heterocycles. The number of hydrogen-bond acceptors (Lipinski definition) is 14. The number of phosphoric ester groups is 2. The van der Waals surface area contributed by atoms with E-state index in [9.17, 15) is 43.5 Å². The number of allylic oxidation sites excluding steroid dienone is 14. The van der Waals surface area contributed by atoms with Crippen molar-refractivity contribution in [3.63, 3.8) is 0 Å². The minimum absolute atomic E-state index is 0.0902. The third-order valence-corrected chi connectivity index (χ3v) is 15.5. The van der Waals surface area contributed by atoms with Crippen molar-refractivity contribution >= 4 is 33.6 Å². The first-order valence-electron chi connectivity index (χ1n) is 32.9. The maximum atomic E-state index is 12.9. The molecule has 0 radical (unpaired) electrons. The SMILES string of the molecule is CC/C=C\C/C=C\C/C=C\C/C=C\C/C=C\CCCCCCCC(=O)OCC(O)COP(=O)(O)OCC(O)COP(=O)(O)OCC(COC(=O)CCCCCCCCCCCCCCCCC)OC(=O)CCCCCCC/C=C\C/C=C\CCC. The fourth-order valence-corrected chi connectivity index (χ4v) is 10.2. The minimum atomic E-state index is -4.92. The highest BCUT2D eigenvalue weighted by atomic mass is 31.2. The molecule has 0 saturated carbocycles. The van der Waals surface area contributed by atoms with Crippen LogP contribution >= 0.6 is 15.6 Å². The fourth-order valence-electron chi connectivity index (χ4n) is 8.58. The quantitative estimate of drug-likeness (QED) is 0.0146. The van der Waals surface area contributed by atoms with Gasteiger partial charge in [-0.1, -0.05) is 241 Å². The molecule has 0 aliphatic rings. The van der Waals surface area contributed by atoms with E-state index in [-0.39, 0.29) is 19.3 Å². The smallest absolute Gasteiger partial charge is 0.463 e. The Morgan fingerprint density at radius 3 is 1.04 bits per heavy atom. The number of rotatable bonds is 62. The topological polar surface area (TPSA) is 231 Å². The number of aliphatic hydroxyl groups is 2. The molecule has 5 atom stereocenters. The third-order valence-electron chi connectivity index (χ3n) is 13.6. The summed E-state index contributed by atoms with van der Waals surface area (Å²) in [5.74, 6) is -1.60. The van der Waals surface area contributed by atoms with Gasteiger partial charge in [-0.05, 0) is 89.9 Å². The average molecular weight is 1240 g/mol. The largest absolute Gasteiger partial charge is 0.472 e. The van der Waals surface area contributed by atoms with Crippen LogP contribution in [-0.2, 0) is 55.8 Å². The van der Waals surface area contributed by atoms with Crippen molar-refractivity contribution in [2.75, 3.05) is 39.6 Å². The van der Waals surface area contributed by atoms with Gasteiger partial charge in [-0.15, -0.1) is 0 Å². The zero-order valence-corrected chi connectivity index (χ0v) is 54.8. The van der Waals surface area contributed by atoms with E-state index in [1.807, 2.05) is 0 Å². The molecule has 0 rings (SSSR count). The van der Waals surface area contributed by atoms with Crippen molar-refractivity contribution in [2.24, 2.45) is 0 Å². The van der Waals surface area contributed by atoms with Crippen molar-refractivity contribution < 1.29 is 75.8 Å². The molecule has 0 spiro atoms. The first kappa shape index (κ1) is 81.7. The lowest BCUT2D eigenvalue weighted by molar-refractivity contribution is -0.161. The van der Waals surface area contributed by atoms with Crippen molar-refractivity contribution in [2.45, 2.75) is 283 Å². The molecule has 16 nitrogen and oxygen atoms in total. The van der Waals surface area contributed by atoms with E-state index in [2.05, 4.69) is 106 Å². The minimum Gasteiger partial charge on any atom is -0.463 e. The third kappa shape index (κ3) is 62.1. The highest BCUT2D eigenvalue weighted by Gasteiger charge is 2.29. The number of hydrogen-bond donors (Lipinski definition) is 4. The number of aliphatic hydroxyl groups excluding tert-OH is 2. The van der Waals surface area contributed by atoms with Gasteiger partial charge in [0, 0.05) is 19.3 Å². The predicted molar refractivity (Wildman–Crippen MR) is 344 cm³/mol. The molecule has 85 heavy (non-hydrogen) atoms. The van der Waals surface area contributed by atoms with E-state index in [4.69, 9.17) is 32.3 Å². The predicted octanol–water partition coefficient (Wildman–Crippen LogP) is 17.8. The maximum Gasteiger partial charge on any atom is 0.472 e. The van der Waals surface area contributed by atoms with Crippen molar-refractivity contribution in [3.8, 4) is 0 Å². The van der Waals surface area contributed by atoms with Crippen LogP contribution in [0, 0.1) is 0 Å². The van der Waals surface area contributed by atoms with E-state index in [0.29, 0.717) is 19.3 Å². The summed E-state index contributed by atoms with van der Waals surface area (Å²) in [6.45, 7) is 2.46. The second-order valence-electron chi connectivity index (χ2n) is 21.9. The summed E-state index contributed by atoms with van der Waals surface area (Å²) in [5.41, 5.74) is 0. The Hall–Kier alpha value is -3.27. The zero-order valence-electron chi connectivity index (χ0n) is 53.0. The van der Waals surface area contributed by atoms with Gasteiger partial charge in [0.2, 0.25) is 0 Å². The summed E-state index contributed by atoms with van der Waals surface area (Å²) in [7, 11) is -9.77. The van der Waals surface area contributed by atoms with Crippen molar-refractivity contribution in [1.82, 2.24) is 0 Å². The number of phosphoric acid groups is 2. The summed E-state index contributed by atoms with van der Waals surface area (Å²) in [5, 5.41) is 20.5. The second-order valence-corrected chi connectivity index (χ2v) is 24.8. The maximum absolute atomic E-state index is 12.9. The molecule has 0 aromatic carbocycles. The van der Waals surface area contributed by atoms with Crippen LogP contribution in [0.25, 0.3) is 0 Å². The van der Waals surface area contributed by atoms with Crippen molar-refractivity contribution in [3.05, 3.63) is 85.1 Å². The fraction of sp³-hybridized carbons (Fsp3) is 0.746. The molecule has 4 N–H and O–H groups in total. The second kappa shape index (κ2) is 61.0. The summed E-state index contributed by atoms with van der Waals surface area (Å²) in [4.78, 5) is 58.2. The van der Waals surface area contributed by atoms with Gasteiger partial charge in [0.25, 0.3) is 0 Å². The molecule has 0 fully saturated rings. The Morgan fingerprint density at radius 2 is 0.647 bits per heavy atom. The number of unbranched alkanes of at least 4 members (excludes halogenated alkanes) is 25. The lowest BCUT2D eigenvalue weighted by Gasteiger charge is -2.21. The molecule has 492 valence electrons. The van der Waals surface area contributed by atoms with Gasteiger partial charge in [0.15, 0.2) is 6.10 Å². The van der Waals surface area contributed by atoms with Crippen LogP contribution in [-0.4, -0.2) is 95.9 Å². The van der Waals surface area contributed by atoms with Crippen LogP contribution in [0.4, 0.5) is 0 Å². The Morgan fingerprint density at radius 1 is 0.341 bits per heavy atom. The van der Waals surface area contributed by atoms with Gasteiger partial charge in [-0.2, -0.15) is 0 Å². The highest BCUT2D eigenvalue weighted by Crippen LogP contribution is 2.45. The van der Waals surface area contributed by atoms with E-state index in [0.717, 1.165) is 135 Å². The van der Waals surface area contributed by atoms with Gasteiger partial charge in [0.05, 0.1) is 26.4 Å². The molecule has 0 aliphatic carbocycles. The molecule has 5 unspecified atom stereocenters. The molecule has 18 heteroatoms. The molecule has 0 saturated heterocycles. The lowest BCUT2D eigenvalue weighted by atomic mass is 10.0. The molecule has 0 bridgehead atoms. The molecular weight excluding hydrogens is 1120 g/mol. The summed E-state index contributed by atoms with van der Waals surface area (Å²) < 4.78 is 60.8. The molecule has 0 aromatic rings. The van der Waals surface area contributed by atoms with E-state index in [1.54, 1.807) is 0 Å². The monoisotopic (exact) mass is 1240 g/mol. The Balaban J connectivity index is 4.62. The Bertz CT molecular complexity index is 1900. The first-order valence-corrected chi connectivity index (χ1v) is 35.9. The number of carbonyl (C=O) groups is 3. The lowest BCUT2D eigenvalue weighted by Crippen LogP contribution is -2.30. The van der Waals surface area contributed by atoms with Crippen LogP contribution in [0.1, 0.15) is 265 Å². The summed E-state index contributed by atoms with van der Waals surface area (Å²) in [6.07, 6.45) is 63.5. The van der Waals surface area contributed by atoms with E-state index in [1.165, 1.54) is 70.6 Å². The van der Waals surface area contributed by atoms with Gasteiger partial charge in [-0.3, -0.25) is 32.5 Å². The van der Waals surface area contributed by atoms with E-state index < -0.39 is 91.5 Å². The van der Waals surface area contributed by atoms with Crippen molar-refractivity contribution in [1.29, 1.82) is 0 Å². The number of carbonyl (C=O) groups excluding carboxylic acids is 3. The van der Waals surface area contributed by atoms with Gasteiger partial charge in [0.1, 0.15) is 25.4 Å². The molecule has 0 heterocycles. The summed E-state index contributed by atoms with van der Waals surface area (Å²) in [6, 6.07) is 0. The number of esters is 3. The first-order chi connectivity index (χ1) is 41.2. The average Bonchev–Trinajstić information content (AvgIpc) is 3.51. The van der Waals surface area contributed by atoms with Crippen LogP contribution in [0.2, 0.25) is 0 Å². The normalized spacial score (nSPS) is 14.9. The molecule has 0 aliphatic heterocycles. The van der Waals surface area contributed by atoms with Gasteiger partial charge in [-0.25, -0.2) is 9.13 Å². The van der Waals surface area contributed by atoms with E-state index >= 15 is 0 Å². The Labute approximate surface area is 515 Å². The van der Waals surface area contributed by atoms with Crippen LogP contribution in [0.5, 0.6) is 0 Å². The van der Waals surface area contributed by atoms with Crippen LogP contribution in [0.15, 0.2) is 85.1 Å². The van der Waals surface area contributed by atoms with Gasteiger partial charge >= 0.3 is 33.6 Å². The Kier molecular flexibility index (Phi) is 58.6. The zero-order chi connectivity index (χ0) is 62.4. The summed E-state index contributed by atoms with van der Waals surface area (Å²) >= 11 is 0. The van der Waals surface area contributed by atoms with Crippen LogP contribution in [0.3, 0.4) is 0 Å². The van der Waals surface area contributed by atoms with Gasteiger partial charge < -0.3 is 34.2 Å². The molecule has 0 amide bonds. The standard InChI is InChI=1S/C67H118O16P2/c1-4-7-10-13-16-19-22-25-27-28-29-30-31-32-34-37-38-41-44-47-50-53-65(70)77-56-62(68)57-79-84(73,74)80-58-63(69)59-81-85(75,76)82-61-64(83-67(72)55-52-49-46-43-40-35-24-21-18-15-12-9-6-3)60-78-66(71)54-51-48-45-42-39-36-33-26-23-20-17-14-11-8-5-2/h7,10,12,15-16,19,21,24-25,27,29-30,32,34,62-64,68-69H,4-6,8-9,11,13-14,17-18,20,22-23,26,28,31,33,35-61H2,1-3H3,(H,73,74)(H,75,76)/b10-7-,15-12-,19-16-,24-21-,27-25-,30-29-,34-32-.